The molecule has 1 saturated heterocycles. The maximum atomic E-state index is 12.5. The van der Waals surface area contributed by atoms with Crippen LogP contribution >= 0.6 is 0 Å². The van der Waals surface area contributed by atoms with Crippen LogP contribution in [0.1, 0.15) is 18.4 Å². The highest BCUT2D eigenvalue weighted by Gasteiger charge is 2.30. The van der Waals surface area contributed by atoms with Crippen molar-refractivity contribution in [3.05, 3.63) is 29.8 Å². The van der Waals surface area contributed by atoms with Crippen molar-refractivity contribution < 1.29 is 13.2 Å². The van der Waals surface area contributed by atoms with Crippen molar-refractivity contribution in [3.8, 4) is 0 Å². The topological polar surface area (TPSA) is 24.1 Å². The van der Waals surface area contributed by atoms with Gasteiger partial charge in [-0.1, -0.05) is 6.07 Å². The highest BCUT2D eigenvalue weighted by atomic mass is 19.4. The molecule has 1 heterocycles. The maximum absolute atomic E-state index is 12.5. The Hall–Kier alpha value is -1.23. The molecule has 1 aromatic rings. The van der Waals surface area contributed by atoms with Crippen LogP contribution in [0.15, 0.2) is 24.3 Å². The van der Waals surface area contributed by atoms with E-state index in [1.165, 1.54) is 6.07 Å². The van der Waals surface area contributed by atoms with Gasteiger partial charge in [-0.2, -0.15) is 13.2 Å². The van der Waals surface area contributed by atoms with Crippen molar-refractivity contribution in [2.24, 2.45) is 0 Å². The summed E-state index contributed by atoms with van der Waals surface area (Å²) < 4.78 is 37.4. The van der Waals surface area contributed by atoms with Crippen molar-refractivity contribution in [1.82, 2.24) is 5.32 Å². The summed E-state index contributed by atoms with van der Waals surface area (Å²) in [7, 11) is 0. The van der Waals surface area contributed by atoms with Crippen molar-refractivity contribution in [1.29, 1.82) is 0 Å². The van der Waals surface area contributed by atoms with Crippen molar-refractivity contribution in [3.63, 3.8) is 0 Å². The first kappa shape index (κ1) is 12.2. The van der Waals surface area contributed by atoms with Gasteiger partial charge in [-0.25, -0.2) is 0 Å². The second-order valence-corrected chi connectivity index (χ2v) is 4.25. The lowest BCUT2D eigenvalue weighted by atomic mass is 10.2. The lowest BCUT2D eigenvalue weighted by Gasteiger charge is -2.14. The highest BCUT2D eigenvalue weighted by molar-refractivity contribution is 5.46. The van der Waals surface area contributed by atoms with Crippen molar-refractivity contribution in [2.75, 3.05) is 18.4 Å². The first-order valence-electron chi connectivity index (χ1n) is 5.70. The molecule has 0 aliphatic carbocycles. The lowest BCUT2D eigenvalue weighted by Crippen LogP contribution is -2.29. The summed E-state index contributed by atoms with van der Waals surface area (Å²) in [6.07, 6.45) is -2.07. The lowest BCUT2D eigenvalue weighted by molar-refractivity contribution is -0.137. The molecule has 17 heavy (non-hydrogen) atoms. The van der Waals surface area contributed by atoms with E-state index in [4.69, 9.17) is 0 Å². The third kappa shape index (κ3) is 3.36. The fraction of sp³-hybridized carbons (Fsp3) is 0.500. The molecule has 1 fully saturated rings. The highest BCUT2D eigenvalue weighted by Crippen LogP contribution is 2.30. The van der Waals surface area contributed by atoms with Crippen molar-refractivity contribution in [2.45, 2.75) is 25.1 Å². The molecule has 94 valence electrons. The zero-order valence-corrected chi connectivity index (χ0v) is 9.35. The molecule has 2 rings (SSSR count). The molecule has 2 N–H and O–H groups in total. The molecule has 0 radical (unpaired) electrons. The van der Waals surface area contributed by atoms with E-state index in [2.05, 4.69) is 10.6 Å². The Balaban J connectivity index is 1.96. The Morgan fingerprint density at radius 2 is 2.18 bits per heavy atom. The third-order valence-electron chi connectivity index (χ3n) is 2.90. The smallest absolute Gasteiger partial charge is 0.383 e. The quantitative estimate of drug-likeness (QED) is 0.854. The summed E-state index contributed by atoms with van der Waals surface area (Å²) in [6, 6.07) is 5.68. The second-order valence-electron chi connectivity index (χ2n) is 4.25. The van der Waals surface area contributed by atoms with Gasteiger partial charge in [0.25, 0.3) is 0 Å². The Morgan fingerprint density at radius 1 is 1.35 bits per heavy atom. The standard InChI is InChI=1S/C12H15F3N2/c13-12(14,15)9-3-1-4-10(7-9)17-8-11-5-2-6-16-11/h1,3-4,7,11,16-17H,2,5-6,8H2/t11-/m1/s1. The van der Waals surface area contributed by atoms with E-state index in [-0.39, 0.29) is 0 Å². The van der Waals surface area contributed by atoms with Crippen LogP contribution in [-0.2, 0) is 6.18 Å². The van der Waals surface area contributed by atoms with E-state index in [1.54, 1.807) is 6.07 Å². The van der Waals surface area contributed by atoms with Crippen LogP contribution in [0.25, 0.3) is 0 Å². The minimum absolute atomic E-state index is 0.365. The number of nitrogens with one attached hydrogen (secondary N) is 2. The van der Waals surface area contributed by atoms with Gasteiger partial charge in [0.2, 0.25) is 0 Å². The molecule has 1 aliphatic rings. The van der Waals surface area contributed by atoms with E-state index < -0.39 is 11.7 Å². The minimum atomic E-state index is -4.27. The SMILES string of the molecule is FC(F)(F)c1cccc(NC[C@H]2CCCN2)c1. The number of rotatable bonds is 3. The molecule has 1 atom stereocenters. The van der Waals surface area contributed by atoms with Gasteiger partial charge in [-0.3, -0.25) is 0 Å². The fourth-order valence-electron chi connectivity index (χ4n) is 1.98. The summed E-state index contributed by atoms with van der Waals surface area (Å²) in [5.41, 5.74) is -0.0876. The molecule has 1 aromatic carbocycles. The van der Waals surface area contributed by atoms with Gasteiger partial charge in [-0.15, -0.1) is 0 Å². The van der Waals surface area contributed by atoms with Crippen molar-refractivity contribution >= 4 is 5.69 Å². The predicted octanol–water partition coefficient (Wildman–Crippen LogP) is 2.87. The van der Waals surface area contributed by atoms with Crippen LogP contribution in [0.5, 0.6) is 0 Å². The largest absolute Gasteiger partial charge is 0.416 e. The molecule has 5 heteroatoms. The molecule has 2 nitrogen and oxygen atoms in total. The van der Waals surface area contributed by atoms with Gasteiger partial charge in [0, 0.05) is 18.3 Å². The van der Waals surface area contributed by atoms with Gasteiger partial charge in [0.05, 0.1) is 5.56 Å². The normalized spacial score (nSPS) is 20.5. The molecule has 0 saturated carbocycles. The third-order valence-corrected chi connectivity index (χ3v) is 2.90. The Kier molecular flexibility index (Phi) is 3.57. The van der Waals surface area contributed by atoms with E-state index in [0.29, 0.717) is 18.3 Å². The number of halogens is 3. The molecular weight excluding hydrogens is 229 g/mol. The summed E-state index contributed by atoms with van der Waals surface area (Å²) in [6.45, 7) is 1.66. The van der Waals surface area contributed by atoms with E-state index in [0.717, 1.165) is 31.5 Å². The zero-order valence-electron chi connectivity index (χ0n) is 9.35. The predicted molar refractivity (Wildman–Crippen MR) is 61.0 cm³/mol. The Morgan fingerprint density at radius 3 is 2.82 bits per heavy atom. The first-order valence-corrected chi connectivity index (χ1v) is 5.70. The Bertz CT molecular complexity index is 370. The summed E-state index contributed by atoms with van der Waals surface area (Å²) in [5, 5.41) is 6.32. The van der Waals surface area contributed by atoms with Crippen LogP contribution in [0.4, 0.5) is 18.9 Å². The van der Waals surface area contributed by atoms with Gasteiger partial charge in [0.15, 0.2) is 0 Å². The number of hydrogen-bond acceptors (Lipinski definition) is 2. The van der Waals surface area contributed by atoms with Gasteiger partial charge < -0.3 is 10.6 Å². The van der Waals surface area contributed by atoms with Crippen LogP contribution in [0.2, 0.25) is 0 Å². The fourth-order valence-corrected chi connectivity index (χ4v) is 1.98. The second kappa shape index (κ2) is 4.96. The van der Waals surface area contributed by atoms with E-state index >= 15 is 0 Å². The van der Waals surface area contributed by atoms with Crippen LogP contribution in [0.3, 0.4) is 0 Å². The molecule has 1 aliphatic heterocycles. The monoisotopic (exact) mass is 244 g/mol. The molecule has 0 bridgehead atoms. The summed E-state index contributed by atoms with van der Waals surface area (Å²) >= 11 is 0. The molecule has 0 aromatic heterocycles. The number of alkyl halides is 3. The summed E-state index contributed by atoms with van der Waals surface area (Å²) in [5.74, 6) is 0. The van der Waals surface area contributed by atoms with Crippen LogP contribution in [0, 0.1) is 0 Å². The molecule has 0 amide bonds. The first-order chi connectivity index (χ1) is 8.05. The maximum Gasteiger partial charge on any atom is 0.416 e. The summed E-state index contributed by atoms with van der Waals surface area (Å²) in [4.78, 5) is 0. The van der Waals surface area contributed by atoms with E-state index in [1.807, 2.05) is 0 Å². The van der Waals surface area contributed by atoms with Crippen LogP contribution in [-0.4, -0.2) is 19.1 Å². The zero-order chi connectivity index (χ0) is 12.3. The van der Waals surface area contributed by atoms with E-state index in [9.17, 15) is 13.2 Å². The Labute approximate surface area is 98.2 Å². The number of anilines is 1. The average Bonchev–Trinajstić information content (AvgIpc) is 2.78. The number of hydrogen-bond donors (Lipinski definition) is 2. The van der Waals surface area contributed by atoms with Crippen LogP contribution < -0.4 is 10.6 Å². The minimum Gasteiger partial charge on any atom is -0.383 e. The average molecular weight is 244 g/mol. The molecular formula is C12H15F3N2. The van der Waals surface area contributed by atoms with Gasteiger partial charge in [0.1, 0.15) is 0 Å². The molecule has 0 spiro atoms. The molecule has 0 unspecified atom stereocenters. The number of benzene rings is 1. The van der Waals surface area contributed by atoms with Gasteiger partial charge in [-0.05, 0) is 37.6 Å². The van der Waals surface area contributed by atoms with Gasteiger partial charge >= 0.3 is 6.18 Å².